The normalized spacial score (nSPS) is 22.2. The van der Waals surface area contributed by atoms with Crippen molar-refractivity contribution in [3.63, 3.8) is 0 Å². The average Bonchev–Trinajstić information content (AvgIpc) is 3.24. The quantitative estimate of drug-likeness (QED) is 0.837. The molecule has 4 rings (SSSR count). The molecule has 3 heterocycles. The third-order valence-corrected chi connectivity index (χ3v) is 5.70. The number of rotatable bonds is 4. The summed E-state index contributed by atoms with van der Waals surface area (Å²) in [5, 5.41) is 12.5. The molecule has 0 spiro atoms. The Morgan fingerprint density at radius 3 is 2.71 bits per heavy atom. The van der Waals surface area contributed by atoms with Gasteiger partial charge in [0.05, 0.1) is 10.9 Å². The van der Waals surface area contributed by atoms with Gasteiger partial charge in [0.2, 0.25) is 11.1 Å². The molecule has 0 N–H and O–H groups in total. The Morgan fingerprint density at radius 2 is 1.92 bits per heavy atom. The van der Waals surface area contributed by atoms with Gasteiger partial charge < -0.3 is 9.64 Å². The molecule has 24 heavy (non-hydrogen) atoms. The van der Waals surface area contributed by atoms with Crippen molar-refractivity contribution in [2.45, 2.75) is 35.7 Å². The maximum atomic E-state index is 12.8. The van der Waals surface area contributed by atoms with Crippen molar-refractivity contribution in [2.24, 2.45) is 0 Å². The first kappa shape index (κ1) is 15.6. The minimum Gasteiger partial charge on any atom is -0.381 e. The van der Waals surface area contributed by atoms with E-state index in [0.717, 1.165) is 44.7 Å². The number of thioether (sulfide) groups is 1. The van der Waals surface area contributed by atoms with Crippen LogP contribution in [0.5, 0.6) is 0 Å². The minimum atomic E-state index is -0.110. The predicted octanol–water partition coefficient (Wildman–Crippen LogP) is 1.53. The van der Waals surface area contributed by atoms with Gasteiger partial charge in [-0.1, -0.05) is 30.0 Å². The molecule has 2 aromatic rings. The summed E-state index contributed by atoms with van der Waals surface area (Å²) >= 11 is 1.46. The second kappa shape index (κ2) is 6.90. The van der Waals surface area contributed by atoms with Crippen LogP contribution in [0.3, 0.4) is 0 Å². The van der Waals surface area contributed by atoms with Gasteiger partial charge in [-0.15, -0.1) is 5.10 Å². The lowest BCUT2D eigenvalue weighted by atomic mass is 10.1. The Labute approximate surface area is 144 Å². The van der Waals surface area contributed by atoms with Crippen LogP contribution in [0.1, 0.15) is 19.3 Å². The molecule has 7 nitrogen and oxygen atoms in total. The van der Waals surface area contributed by atoms with Crippen LogP contribution >= 0.6 is 11.8 Å². The first-order valence-corrected chi connectivity index (χ1v) is 9.09. The first-order chi connectivity index (χ1) is 11.8. The number of nitrogens with zero attached hydrogens (tertiary/aromatic N) is 5. The van der Waals surface area contributed by atoms with Gasteiger partial charge >= 0.3 is 0 Å². The molecule has 1 aromatic carbocycles. The van der Waals surface area contributed by atoms with Gasteiger partial charge in [-0.3, -0.25) is 4.79 Å². The van der Waals surface area contributed by atoms with Gasteiger partial charge in [0.1, 0.15) is 0 Å². The summed E-state index contributed by atoms with van der Waals surface area (Å²) in [6.45, 7) is 2.31. The van der Waals surface area contributed by atoms with Crippen molar-refractivity contribution in [3.8, 4) is 5.69 Å². The topological polar surface area (TPSA) is 73.1 Å². The van der Waals surface area contributed by atoms with Crippen molar-refractivity contribution in [1.29, 1.82) is 0 Å². The van der Waals surface area contributed by atoms with Crippen molar-refractivity contribution >= 4 is 17.7 Å². The van der Waals surface area contributed by atoms with E-state index < -0.39 is 0 Å². The van der Waals surface area contributed by atoms with Crippen LogP contribution in [0.4, 0.5) is 0 Å². The first-order valence-electron chi connectivity index (χ1n) is 8.21. The van der Waals surface area contributed by atoms with Gasteiger partial charge in [-0.2, -0.15) is 4.68 Å². The Hall–Kier alpha value is -1.93. The van der Waals surface area contributed by atoms with E-state index in [1.807, 2.05) is 35.2 Å². The number of benzene rings is 1. The smallest absolute Gasteiger partial charge is 0.236 e. The highest BCUT2D eigenvalue weighted by Crippen LogP contribution is 2.32. The average molecular weight is 345 g/mol. The largest absolute Gasteiger partial charge is 0.381 e. The summed E-state index contributed by atoms with van der Waals surface area (Å²) in [6, 6.07) is 10.1. The molecule has 2 saturated heterocycles. The zero-order valence-electron chi connectivity index (χ0n) is 13.2. The Bertz CT molecular complexity index is 702. The van der Waals surface area contributed by atoms with E-state index in [9.17, 15) is 4.79 Å². The SMILES string of the molecule is O=C1[C@H](Sc2nnnn2-c2ccccc2)CCN1C1CCOCC1. The number of hydrogen-bond acceptors (Lipinski definition) is 6. The predicted molar refractivity (Wildman–Crippen MR) is 89.0 cm³/mol. The van der Waals surface area contributed by atoms with Crippen molar-refractivity contribution < 1.29 is 9.53 Å². The maximum Gasteiger partial charge on any atom is 0.236 e. The fraction of sp³-hybridized carbons (Fsp3) is 0.500. The number of amides is 1. The lowest BCUT2D eigenvalue weighted by Gasteiger charge is -2.31. The number of carbonyl (C=O) groups is 1. The highest BCUT2D eigenvalue weighted by atomic mass is 32.2. The molecular formula is C16H19N5O2S. The molecule has 0 saturated carbocycles. The molecule has 0 unspecified atom stereocenters. The second-order valence-corrected chi connectivity index (χ2v) is 7.15. The number of carbonyl (C=O) groups excluding carboxylic acids is 1. The van der Waals surface area contributed by atoms with Gasteiger partial charge in [-0.05, 0) is 41.8 Å². The standard InChI is InChI=1S/C16H19N5O2S/c22-15-14(6-9-20(15)12-7-10-23-11-8-12)24-16-17-18-19-21(16)13-4-2-1-3-5-13/h1-5,12,14H,6-11H2/t14-/m1/s1. The summed E-state index contributed by atoms with van der Waals surface area (Å²) in [6.07, 6.45) is 2.71. The number of para-hydroxylation sites is 1. The molecular weight excluding hydrogens is 326 g/mol. The highest BCUT2D eigenvalue weighted by molar-refractivity contribution is 8.00. The Morgan fingerprint density at radius 1 is 1.12 bits per heavy atom. The van der Waals surface area contributed by atoms with Crippen LogP contribution in [0.15, 0.2) is 35.5 Å². The zero-order valence-corrected chi connectivity index (χ0v) is 14.1. The molecule has 8 heteroatoms. The van der Waals surface area contributed by atoms with E-state index >= 15 is 0 Å². The van der Waals surface area contributed by atoms with Crippen molar-refractivity contribution in [3.05, 3.63) is 30.3 Å². The number of likely N-dealkylation sites (tertiary alicyclic amines) is 1. The molecule has 1 atom stereocenters. The van der Waals surface area contributed by atoms with Gasteiger partial charge in [0.25, 0.3) is 0 Å². The summed E-state index contributed by atoms with van der Waals surface area (Å²) in [5.74, 6) is 0.203. The van der Waals surface area contributed by atoms with E-state index in [-0.39, 0.29) is 11.2 Å². The lowest BCUT2D eigenvalue weighted by molar-refractivity contribution is -0.130. The molecule has 1 aromatic heterocycles. The van der Waals surface area contributed by atoms with Crippen LogP contribution in [-0.4, -0.2) is 62.1 Å². The number of ether oxygens (including phenoxy) is 1. The summed E-state index contributed by atoms with van der Waals surface area (Å²) < 4.78 is 7.09. The Kier molecular flexibility index (Phi) is 4.48. The third-order valence-electron chi connectivity index (χ3n) is 4.51. The molecule has 2 aliphatic rings. The monoisotopic (exact) mass is 345 g/mol. The van der Waals surface area contributed by atoms with E-state index in [2.05, 4.69) is 15.5 Å². The summed E-state index contributed by atoms with van der Waals surface area (Å²) in [7, 11) is 0. The molecule has 0 aliphatic carbocycles. The van der Waals surface area contributed by atoms with E-state index in [1.54, 1.807) is 4.68 Å². The molecule has 1 amide bonds. The third kappa shape index (κ3) is 3.03. The van der Waals surface area contributed by atoms with E-state index in [4.69, 9.17) is 4.74 Å². The molecule has 2 fully saturated rings. The molecule has 2 aliphatic heterocycles. The van der Waals surface area contributed by atoms with Crippen molar-refractivity contribution in [2.75, 3.05) is 19.8 Å². The maximum absolute atomic E-state index is 12.8. The number of tetrazole rings is 1. The molecule has 126 valence electrons. The highest BCUT2D eigenvalue weighted by Gasteiger charge is 2.37. The van der Waals surface area contributed by atoms with Crippen LogP contribution in [-0.2, 0) is 9.53 Å². The van der Waals surface area contributed by atoms with E-state index in [1.165, 1.54) is 11.8 Å². The number of hydrogen-bond donors (Lipinski definition) is 0. The van der Waals surface area contributed by atoms with Crippen LogP contribution in [0.25, 0.3) is 5.69 Å². The van der Waals surface area contributed by atoms with Crippen LogP contribution in [0.2, 0.25) is 0 Å². The lowest BCUT2D eigenvalue weighted by Crippen LogP contribution is -2.41. The second-order valence-electron chi connectivity index (χ2n) is 5.98. The van der Waals surface area contributed by atoms with Gasteiger partial charge in [0, 0.05) is 25.8 Å². The van der Waals surface area contributed by atoms with Gasteiger partial charge in [-0.25, -0.2) is 0 Å². The van der Waals surface area contributed by atoms with Gasteiger partial charge in [0.15, 0.2) is 0 Å². The Balaban J connectivity index is 1.47. The van der Waals surface area contributed by atoms with Crippen LogP contribution < -0.4 is 0 Å². The summed E-state index contributed by atoms with van der Waals surface area (Å²) in [5.41, 5.74) is 0.900. The van der Waals surface area contributed by atoms with Crippen LogP contribution in [0, 0.1) is 0 Å². The number of aromatic nitrogens is 4. The molecule has 0 radical (unpaired) electrons. The minimum absolute atomic E-state index is 0.110. The summed E-state index contributed by atoms with van der Waals surface area (Å²) in [4.78, 5) is 14.8. The fourth-order valence-electron chi connectivity index (χ4n) is 3.25. The zero-order chi connectivity index (χ0) is 16.4. The fourth-order valence-corrected chi connectivity index (χ4v) is 4.29. The van der Waals surface area contributed by atoms with E-state index in [0.29, 0.717) is 11.2 Å². The van der Waals surface area contributed by atoms with Crippen molar-refractivity contribution in [1.82, 2.24) is 25.1 Å². The molecule has 0 bridgehead atoms.